The third-order valence-corrected chi connectivity index (χ3v) is 6.72. The Labute approximate surface area is 207 Å². The number of nitrogens with one attached hydrogen (secondary N) is 2. The molecular formula is C26H24N8O2. The highest BCUT2D eigenvalue weighted by molar-refractivity contribution is 6.09. The van der Waals surface area contributed by atoms with Crippen LogP contribution in [0.25, 0.3) is 10.9 Å². The molecule has 0 spiro atoms. The van der Waals surface area contributed by atoms with E-state index in [9.17, 15) is 10.1 Å². The molecule has 2 aliphatic rings. The molecule has 2 N–H and O–H groups in total. The van der Waals surface area contributed by atoms with E-state index in [1.807, 2.05) is 36.1 Å². The Morgan fingerprint density at radius 1 is 1.25 bits per heavy atom. The standard InChI is InChI=1S/C26H24N8O2/c1-16-25(35)34(21-4-2-3-17(9-21)11-27)23-13-28-26(30-20-5-6-22-19(10-20)12-29-32-22)31-24(23)33(16)14-18-7-8-36-15-18/h2-6,9-10,12-13,16,18H,7-8,14-15H2,1H3,(H,29,32)(H,28,30,31)/t16-,18?/m1/s1. The number of fused-ring (bicyclic) bond motifs is 2. The summed E-state index contributed by atoms with van der Waals surface area (Å²) in [5, 5.41) is 20.7. The van der Waals surface area contributed by atoms with Crippen LogP contribution in [0.3, 0.4) is 0 Å². The van der Waals surface area contributed by atoms with Crippen LogP contribution in [0.5, 0.6) is 0 Å². The number of anilines is 5. The zero-order valence-corrected chi connectivity index (χ0v) is 19.7. The van der Waals surface area contributed by atoms with E-state index in [1.54, 1.807) is 35.5 Å². The predicted molar refractivity (Wildman–Crippen MR) is 135 cm³/mol. The van der Waals surface area contributed by atoms with Gasteiger partial charge < -0.3 is 15.0 Å². The summed E-state index contributed by atoms with van der Waals surface area (Å²) in [6, 6.07) is 14.6. The van der Waals surface area contributed by atoms with E-state index in [4.69, 9.17) is 9.72 Å². The molecule has 180 valence electrons. The van der Waals surface area contributed by atoms with Gasteiger partial charge in [-0.15, -0.1) is 0 Å². The lowest BCUT2D eigenvalue weighted by Gasteiger charge is -2.41. The number of hydrogen-bond donors (Lipinski definition) is 2. The van der Waals surface area contributed by atoms with E-state index in [2.05, 4.69) is 26.6 Å². The molecule has 6 rings (SSSR count). The van der Waals surface area contributed by atoms with Gasteiger partial charge in [-0.2, -0.15) is 15.3 Å². The van der Waals surface area contributed by atoms with Crippen LogP contribution in [0, 0.1) is 17.2 Å². The summed E-state index contributed by atoms with van der Waals surface area (Å²) in [6.07, 6.45) is 4.38. The summed E-state index contributed by atoms with van der Waals surface area (Å²) in [7, 11) is 0. The number of aromatic nitrogens is 4. The number of nitriles is 1. The maximum atomic E-state index is 13.6. The molecule has 2 aliphatic heterocycles. The average molecular weight is 481 g/mol. The topological polar surface area (TPSA) is 123 Å². The summed E-state index contributed by atoms with van der Waals surface area (Å²) in [5.41, 5.74) is 3.46. The first kappa shape index (κ1) is 22.0. The number of carbonyl (C=O) groups is 1. The fourth-order valence-corrected chi connectivity index (χ4v) is 4.80. The summed E-state index contributed by atoms with van der Waals surface area (Å²) < 4.78 is 5.59. The smallest absolute Gasteiger partial charge is 0.254 e. The van der Waals surface area contributed by atoms with Crippen LogP contribution in [-0.4, -0.2) is 51.9 Å². The molecule has 1 unspecified atom stereocenters. The van der Waals surface area contributed by atoms with Crippen molar-refractivity contribution in [3.8, 4) is 6.07 Å². The fourth-order valence-electron chi connectivity index (χ4n) is 4.80. The van der Waals surface area contributed by atoms with Crippen LogP contribution in [0.1, 0.15) is 18.9 Å². The number of ether oxygens (including phenoxy) is 1. The van der Waals surface area contributed by atoms with Crippen molar-refractivity contribution in [3.63, 3.8) is 0 Å². The SMILES string of the molecule is C[C@@H]1C(=O)N(c2cccc(C#N)c2)c2cnc(Nc3ccc4[nH]ncc4c3)nc2N1CC1CCOC1. The van der Waals surface area contributed by atoms with E-state index in [-0.39, 0.29) is 5.91 Å². The maximum absolute atomic E-state index is 13.6. The van der Waals surface area contributed by atoms with Crippen LogP contribution in [0.4, 0.5) is 28.8 Å². The van der Waals surface area contributed by atoms with Crippen LogP contribution >= 0.6 is 0 Å². The van der Waals surface area contributed by atoms with E-state index in [0.717, 1.165) is 29.6 Å². The van der Waals surface area contributed by atoms with Crippen molar-refractivity contribution in [1.82, 2.24) is 20.2 Å². The normalized spacial score (nSPS) is 19.4. The van der Waals surface area contributed by atoms with Gasteiger partial charge in [0.1, 0.15) is 11.7 Å². The van der Waals surface area contributed by atoms with Gasteiger partial charge in [0, 0.05) is 30.1 Å². The molecule has 4 heterocycles. The highest BCUT2D eigenvalue weighted by Crippen LogP contribution is 2.40. The minimum absolute atomic E-state index is 0.0915. The Morgan fingerprint density at radius 3 is 3.00 bits per heavy atom. The van der Waals surface area contributed by atoms with Gasteiger partial charge in [-0.1, -0.05) is 6.07 Å². The third-order valence-electron chi connectivity index (χ3n) is 6.72. The molecule has 10 nitrogen and oxygen atoms in total. The third kappa shape index (κ3) is 3.89. The Balaban J connectivity index is 1.41. The first-order chi connectivity index (χ1) is 17.6. The van der Waals surface area contributed by atoms with Gasteiger partial charge >= 0.3 is 0 Å². The number of carbonyl (C=O) groups excluding carboxylic acids is 1. The molecule has 0 bridgehead atoms. The molecule has 2 aromatic carbocycles. The lowest BCUT2D eigenvalue weighted by molar-refractivity contribution is -0.119. The van der Waals surface area contributed by atoms with Gasteiger partial charge in [-0.3, -0.25) is 14.8 Å². The minimum atomic E-state index is -0.450. The number of hydrogen-bond acceptors (Lipinski definition) is 8. The monoisotopic (exact) mass is 480 g/mol. The molecule has 2 atom stereocenters. The van der Waals surface area contributed by atoms with Gasteiger partial charge in [-0.25, -0.2) is 4.98 Å². The predicted octanol–water partition coefficient (Wildman–Crippen LogP) is 3.88. The van der Waals surface area contributed by atoms with Gasteiger partial charge in [-0.05, 0) is 49.7 Å². The van der Waals surface area contributed by atoms with Crippen molar-refractivity contribution in [3.05, 3.63) is 60.4 Å². The van der Waals surface area contributed by atoms with Crippen molar-refractivity contribution >= 4 is 45.6 Å². The molecule has 1 amide bonds. The van der Waals surface area contributed by atoms with Crippen molar-refractivity contribution in [2.24, 2.45) is 5.92 Å². The first-order valence-corrected chi connectivity index (χ1v) is 11.9. The molecule has 0 aliphatic carbocycles. The van der Waals surface area contributed by atoms with Crippen LogP contribution < -0.4 is 15.1 Å². The zero-order chi connectivity index (χ0) is 24.6. The largest absolute Gasteiger partial charge is 0.381 e. The molecule has 4 aromatic rings. The van der Waals surface area contributed by atoms with Crippen LogP contribution in [0.15, 0.2) is 54.9 Å². The Morgan fingerprint density at radius 2 is 2.17 bits per heavy atom. The highest BCUT2D eigenvalue weighted by atomic mass is 16.5. The van der Waals surface area contributed by atoms with Gasteiger partial charge in [0.2, 0.25) is 5.95 Å². The van der Waals surface area contributed by atoms with Crippen molar-refractivity contribution in [2.45, 2.75) is 19.4 Å². The summed E-state index contributed by atoms with van der Waals surface area (Å²) >= 11 is 0. The van der Waals surface area contributed by atoms with E-state index in [0.29, 0.717) is 47.8 Å². The highest BCUT2D eigenvalue weighted by Gasteiger charge is 2.39. The molecule has 1 fully saturated rings. The van der Waals surface area contributed by atoms with Gasteiger partial charge in [0.25, 0.3) is 5.91 Å². The number of nitrogens with zero attached hydrogens (tertiary/aromatic N) is 6. The molecule has 1 saturated heterocycles. The number of aromatic amines is 1. The maximum Gasteiger partial charge on any atom is 0.254 e. The van der Waals surface area contributed by atoms with Crippen molar-refractivity contribution < 1.29 is 9.53 Å². The molecule has 0 radical (unpaired) electrons. The van der Waals surface area contributed by atoms with E-state index >= 15 is 0 Å². The second-order valence-electron chi connectivity index (χ2n) is 9.09. The minimum Gasteiger partial charge on any atom is -0.381 e. The number of benzene rings is 2. The number of H-pyrrole nitrogens is 1. The molecule has 10 heteroatoms. The molecule has 36 heavy (non-hydrogen) atoms. The van der Waals surface area contributed by atoms with Crippen molar-refractivity contribution in [1.29, 1.82) is 5.26 Å². The zero-order valence-electron chi connectivity index (χ0n) is 19.7. The van der Waals surface area contributed by atoms with Crippen LogP contribution in [0.2, 0.25) is 0 Å². The number of amides is 1. The van der Waals surface area contributed by atoms with E-state index in [1.165, 1.54) is 0 Å². The molecular weight excluding hydrogens is 456 g/mol. The summed E-state index contributed by atoms with van der Waals surface area (Å²) in [6.45, 7) is 3.95. The Hall–Kier alpha value is -4.49. The second kappa shape index (κ2) is 8.94. The Kier molecular flexibility index (Phi) is 5.47. The quantitative estimate of drug-likeness (QED) is 0.441. The molecule has 0 saturated carbocycles. The summed E-state index contributed by atoms with van der Waals surface area (Å²) in [5.74, 6) is 1.32. The summed E-state index contributed by atoms with van der Waals surface area (Å²) in [4.78, 5) is 26.7. The first-order valence-electron chi connectivity index (χ1n) is 11.9. The Bertz CT molecular complexity index is 1490. The molecule has 2 aromatic heterocycles. The average Bonchev–Trinajstić information content (AvgIpc) is 3.59. The second-order valence-corrected chi connectivity index (χ2v) is 9.09. The van der Waals surface area contributed by atoms with Gasteiger partial charge in [0.15, 0.2) is 5.82 Å². The fraction of sp³-hybridized carbons (Fsp3) is 0.269. The number of rotatable bonds is 5. The lowest BCUT2D eigenvalue weighted by Crippen LogP contribution is -2.52. The lowest BCUT2D eigenvalue weighted by atomic mass is 10.0. The van der Waals surface area contributed by atoms with E-state index < -0.39 is 6.04 Å². The van der Waals surface area contributed by atoms with Gasteiger partial charge in [0.05, 0.1) is 41.8 Å². The van der Waals surface area contributed by atoms with Crippen molar-refractivity contribution in [2.75, 3.05) is 34.9 Å². The van der Waals surface area contributed by atoms with Crippen LogP contribution in [-0.2, 0) is 9.53 Å².